The summed E-state index contributed by atoms with van der Waals surface area (Å²) in [5.41, 5.74) is 6.61. The molecule has 0 saturated carbocycles. The van der Waals surface area contributed by atoms with Gasteiger partial charge < -0.3 is 11.1 Å². The van der Waals surface area contributed by atoms with E-state index in [1.54, 1.807) is 6.07 Å². The number of nitrogens with one attached hydrogen (secondary N) is 1. The van der Waals surface area contributed by atoms with E-state index in [0.29, 0.717) is 5.56 Å². The predicted octanol–water partition coefficient (Wildman–Crippen LogP) is 1.72. The first-order valence-electron chi connectivity index (χ1n) is 5.12. The standard InChI is InChI=1S/C11H14F2N2/c12-8-4-3-7(6-9(8)13)11(14)10-2-1-5-15-10/h3-4,6,10-11,15H,1-2,5,14H2. The van der Waals surface area contributed by atoms with Gasteiger partial charge in [-0.2, -0.15) is 0 Å². The second-order valence-corrected chi connectivity index (χ2v) is 3.90. The van der Waals surface area contributed by atoms with E-state index >= 15 is 0 Å². The maximum atomic E-state index is 13.0. The SMILES string of the molecule is NC(c1ccc(F)c(F)c1)C1CCCN1. The molecule has 0 aromatic heterocycles. The van der Waals surface area contributed by atoms with Gasteiger partial charge in [-0.05, 0) is 37.1 Å². The number of hydrogen-bond acceptors (Lipinski definition) is 2. The summed E-state index contributed by atoms with van der Waals surface area (Å²) in [6, 6.07) is 3.76. The van der Waals surface area contributed by atoms with Crippen LogP contribution in [0.5, 0.6) is 0 Å². The molecule has 4 heteroatoms. The van der Waals surface area contributed by atoms with Crippen molar-refractivity contribution in [2.24, 2.45) is 5.73 Å². The molecule has 15 heavy (non-hydrogen) atoms. The maximum absolute atomic E-state index is 13.0. The van der Waals surface area contributed by atoms with Gasteiger partial charge in [0.05, 0.1) is 0 Å². The third-order valence-corrected chi connectivity index (χ3v) is 2.86. The Kier molecular flexibility index (Phi) is 2.98. The van der Waals surface area contributed by atoms with Gasteiger partial charge in [-0.3, -0.25) is 0 Å². The number of rotatable bonds is 2. The van der Waals surface area contributed by atoms with Crippen LogP contribution in [0.2, 0.25) is 0 Å². The Balaban J connectivity index is 2.17. The molecular weight excluding hydrogens is 198 g/mol. The highest BCUT2D eigenvalue weighted by atomic mass is 19.2. The molecule has 2 unspecified atom stereocenters. The summed E-state index contributed by atoms with van der Waals surface area (Å²) >= 11 is 0. The molecule has 0 radical (unpaired) electrons. The minimum Gasteiger partial charge on any atom is -0.323 e. The van der Waals surface area contributed by atoms with Crippen LogP contribution in [-0.4, -0.2) is 12.6 Å². The van der Waals surface area contributed by atoms with Gasteiger partial charge in [0, 0.05) is 12.1 Å². The van der Waals surface area contributed by atoms with Crippen LogP contribution in [0.4, 0.5) is 8.78 Å². The lowest BCUT2D eigenvalue weighted by atomic mass is 9.99. The van der Waals surface area contributed by atoms with Crippen molar-refractivity contribution in [3.8, 4) is 0 Å². The van der Waals surface area contributed by atoms with E-state index in [9.17, 15) is 8.78 Å². The van der Waals surface area contributed by atoms with Gasteiger partial charge in [0.15, 0.2) is 11.6 Å². The molecule has 0 spiro atoms. The van der Waals surface area contributed by atoms with Gasteiger partial charge in [0.2, 0.25) is 0 Å². The number of hydrogen-bond donors (Lipinski definition) is 2. The van der Waals surface area contributed by atoms with Crippen LogP contribution in [0.25, 0.3) is 0 Å². The second-order valence-electron chi connectivity index (χ2n) is 3.90. The first-order valence-corrected chi connectivity index (χ1v) is 5.12. The fraction of sp³-hybridized carbons (Fsp3) is 0.455. The molecule has 2 nitrogen and oxygen atoms in total. The molecule has 2 atom stereocenters. The first kappa shape index (κ1) is 10.5. The van der Waals surface area contributed by atoms with Gasteiger partial charge in [0.1, 0.15) is 0 Å². The largest absolute Gasteiger partial charge is 0.323 e. The van der Waals surface area contributed by atoms with Crippen LogP contribution in [0.1, 0.15) is 24.4 Å². The van der Waals surface area contributed by atoms with E-state index in [1.807, 2.05) is 0 Å². The van der Waals surface area contributed by atoms with Crippen molar-refractivity contribution in [2.45, 2.75) is 24.9 Å². The summed E-state index contributed by atoms with van der Waals surface area (Å²) in [6.07, 6.45) is 2.07. The molecule has 0 bridgehead atoms. The quantitative estimate of drug-likeness (QED) is 0.783. The van der Waals surface area contributed by atoms with E-state index in [4.69, 9.17) is 5.73 Å². The van der Waals surface area contributed by atoms with Gasteiger partial charge >= 0.3 is 0 Å². The number of nitrogens with two attached hydrogens (primary N) is 1. The van der Waals surface area contributed by atoms with Gasteiger partial charge in [0.25, 0.3) is 0 Å². The Hall–Kier alpha value is -1.00. The Morgan fingerprint density at radius 1 is 1.33 bits per heavy atom. The fourth-order valence-corrected chi connectivity index (χ4v) is 1.97. The van der Waals surface area contributed by atoms with E-state index in [1.165, 1.54) is 6.07 Å². The highest BCUT2D eigenvalue weighted by Crippen LogP contribution is 2.22. The first-order chi connectivity index (χ1) is 7.18. The summed E-state index contributed by atoms with van der Waals surface area (Å²) in [6.45, 7) is 0.946. The summed E-state index contributed by atoms with van der Waals surface area (Å²) < 4.78 is 25.7. The van der Waals surface area contributed by atoms with Crippen LogP contribution in [-0.2, 0) is 0 Å². The molecule has 2 rings (SSSR count). The van der Waals surface area contributed by atoms with Crippen LogP contribution in [0.3, 0.4) is 0 Å². The molecule has 1 aliphatic heterocycles. The Morgan fingerprint density at radius 2 is 2.13 bits per heavy atom. The third-order valence-electron chi connectivity index (χ3n) is 2.86. The molecule has 1 saturated heterocycles. The highest BCUT2D eigenvalue weighted by molar-refractivity contribution is 5.22. The zero-order valence-electron chi connectivity index (χ0n) is 8.34. The molecular formula is C11H14F2N2. The summed E-state index contributed by atoms with van der Waals surface area (Å²) in [4.78, 5) is 0. The molecule has 1 heterocycles. The maximum Gasteiger partial charge on any atom is 0.159 e. The predicted molar refractivity (Wildman–Crippen MR) is 54.3 cm³/mol. The van der Waals surface area contributed by atoms with Crippen molar-refractivity contribution < 1.29 is 8.78 Å². The molecule has 0 amide bonds. The molecule has 1 aromatic rings. The topological polar surface area (TPSA) is 38.0 Å². The van der Waals surface area contributed by atoms with E-state index in [0.717, 1.165) is 25.5 Å². The van der Waals surface area contributed by atoms with Crippen LogP contribution < -0.4 is 11.1 Å². The van der Waals surface area contributed by atoms with E-state index < -0.39 is 11.6 Å². The molecule has 1 aliphatic rings. The fourth-order valence-electron chi connectivity index (χ4n) is 1.97. The van der Waals surface area contributed by atoms with Gasteiger partial charge in [-0.15, -0.1) is 0 Å². The molecule has 0 aliphatic carbocycles. The minimum atomic E-state index is -0.832. The van der Waals surface area contributed by atoms with Crippen molar-refractivity contribution in [2.75, 3.05) is 6.54 Å². The summed E-state index contributed by atoms with van der Waals surface area (Å²) in [5.74, 6) is -1.66. The monoisotopic (exact) mass is 212 g/mol. The van der Waals surface area contributed by atoms with Crippen molar-refractivity contribution in [3.63, 3.8) is 0 Å². The van der Waals surface area contributed by atoms with Crippen molar-refractivity contribution in [3.05, 3.63) is 35.4 Å². The normalized spacial score (nSPS) is 23.0. The van der Waals surface area contributed by atoms with Crippen LogP contribution in [0, 0.1) is 11.6 Å². The van der Waals surface area contributed by atoms with Crippen LogP contribution in [0.15, 0.2) is 18.2 Å². The summed E-state index contributed by atoms with van der Waals surface area (Å²) in [5, 5.41) is 3.25. The second kappa shape index (κ2) is 4.24. The zero-order valence-corrected chi connectivity index (χ0v) is 8.34. The van der Waals surface area contributed by atoms with Crippen molar-refractivity contribution in [1.82, 2.24) is 5.32 Å². The Labute approximate surface area is 87.5 Å². The molecule has 3 N–H and O–H groups in total. The van der Waals surface area contributed by atoms with E-state index in [2.05, 4.69) is 5.32 Å². The lowest BCUT2D eigenvalue weighted by Crippen LogP contribution is -2.34. The number of halogens is 2. The van der Waals surface area contributed by atoms with Crippen LogP contribution >= 0.6 is 0 Å². The van der Waals surface area contributed by atoms with Gasteiger partial charge in [-0.1, -0.05) is 6.07 Å². The lowest BCUT2D eigenvalue weighted by molar-refractivity contribution is 0.483. The van der Waals surface area contributed by atoms with Gasteiger partial charge in [-0.25, -0.2) is 8.78 Å². The average molecular weight is 212 g/mol. The smallest absolute Gasteiger partial charge is 0.159 e. The summed E-state index contributed by atoms with van der Waals surface area (Å²) in [7, 11) is 0. The lowest BCUT2D eigenvalue weighted by Gasteiger charge is -2.19. The van der Waals surface area contributed by atoms with E-state index in [-0.39, 0.29) is 12.1 Å². The Morgan fingerprint density at radius 3 is 2.73 bits per heavy atom. The Bertz CT molecular complexity index is 348. The third kappa shape index (κ3) is 2.16. The number of benzene rings is 1. The zero-order chi connectivity index (χ0) is 10.8. The average Bonchev–Trinajstić information content (AvgIpc) is 2.74. The molecule has 82 valence electrons. The minimum absolute atomic E-state index is 0.176. The van der Waals surface area contributed by atoms with Crippen molar-refractivity contribution in [1.29, 1.82) is 0 Å². The molecule has 1 aromatic carbocycles. The highest BCUT2D eigenvalue weighted by Gasteiger charge is 2.23. The van der Waals surface area contributed by atoms with Crippen molar-refractivity contribution >= 4 is 0 Å². The molecule has 1 fully saturated rings.